The van der Waals surface area contributed by atoms with Crippen molar-refractivity contribution in [2.45, 2.75) is 91.4 Å². The van der Waals surface area contributed by atoms with Crippen molar-refractivity contribution >= 4 is 0 Å². The molecule has 0 spiro atoms. The zero-order valence-corrected chi connectivity index (χ0v) is 19.8. The fraction of sp³-hybridized carbons (Fsp3) is 0.600. The molecule has 0 amide bonds. The SMILES string of the molecule is CCCC(CCc1ccccc1)C(Cc1ccccc1)(CC(C)C)C1CCCCC1. The van der Waals surface area contributed by atoms with Crippen molar-refractivity contribution in [1.29, 1.82) is 0 Å². The van der Waals surface area contributed by atoms with Gasteiger partial charge in [0.05, 0.1) is 0 Å². The fourth-order valence-electron chi connectivity index (χ4n) is 6.49. The van der Waals surface area contributed by atoms with E-state index in [1.165, 1.54) is 76.2 Å². The lowest BCUT2D eigenvalue weighted by Gasteiger charge is -2.50. The molecule has 0 bridgehead atoms. The lowest BCUT2D eigenvalue weighted by atomic mass is 9.55. The first-order valence-corrected chi connectivity index (χ1v) is 12.7. The summed E-state index contributed by atoms with van der Waals surface area (Å²) in [5.74, 6) is 2.46. The van der Waals surface area contributed by atoms with Crippen LogP contribution in [0.15, 0.2) is 60.7 Å². The molecule has 2 aromatic rings. The van der Waals surface area contributed by atoms with Gasteiger partial charge in [-0.1, -0.05) is 114 Å². The second-order valence-electron chi connectivity index (χ2n) is 10.3. The first-order valence-electron chi connectivity index (χ1n) is 12.7. The molecule has 0 heterocycles. The Hall–Kier alpha value is -1.56. The van der Waals surface area contributed by atoms with E-state index in [0.29, 0.717) is 5.41 Å². The second kappa shape index (κ2) is 11.7. The number of hydrogen-bond acceptors (Lipinski definition) is 0. The summed E-state index contributed by atoms with van der Waals surface area (Å²) < 4.78 is 0. The van der Waals surface area contributed by atoms with E-state index in [4.69, 9.17) is 0 Å². The molecule has 0 heteroatoms. The summed E-state index contributed by atoms with van der Waals surface area (Å²) in [6, 6.07) is 22.6. The van der Waals surface area contributed by atoms with Gasteiger partial charge in [0, 0.05) is 0 Å². The average molecular weight is 405 g/mol. The molecule has 3 rings (SSSR count). The van der Waals surface area contributed by atoms with Gasteiger partial charge < -0.3 is 0 Å². The Bertz CT molecular complexity index is 695. The number of benzene rings is 2. The van der Waals surface area contributed by atoms with Gasteiger partial charge in [0.15, 0.2) is 0 Å². The Labute approximate surface area is 186 Å². The van der Waals surface area contributed by atoms with Gasteiger partial charge in [0.2, 0.25) is 0 Å². The highest BCUT2D eigenvalue weighted by Gasteiger charge is 2.44. The molecule has 0 aliphatic heterocycles. The highest BCUT2D eigenvalue weighted by molar-refractivity contribution is 5.19. The van der Waals surface area contributed by atoms with Gasteiger partial charge in [-0.3, -0.25) is 0 Å². The maximum atomic E-state index is 2.46. The van der Waals surface area contributed by atoms with E-state index in [1.54, 1.807) is 5.56 Å². The van der Waals surface area contributed by atoms with Gasteiger partial charge in [-0.2, -0.15) is 0 Å². The first kappa shape index (κ1) is 23.1. The predicted octanol–water partition coefficient (Wildman–Crippen LogP) is 8.89. The van der Waals surface area contributed by atoms with E-state index in [1.807, 2.05) is 0 Å². The van der Waals surface area contributed by atoms with Crippen LogP contribution in [-0.4, -0.2) is 0 Å². The second-order valence-corrected chi connectivity index (χ2v) is 10.3. The van der Waals surface area contributed by atoms with Crippen molar-refractivity contribution in [2.75, 3.05) is 0 Å². The Morgan fingerprint density at radius 3 is 1.97 bits per heavy atom. The third-order valence-corrected chi connectivity index (χ3v) is 7.66. The van der Waals surface area contributed by atoms with Crippen LogP contribution in [0.1, 0.15) is 89.7 Å². The summed E-state index contributed by atoms with van der Waals surface area (Å²) >= 11 is 0. The summed E-state index contributed by atoms with van der Waals surface area (Å²) in [7, 11) is 0. The minimum atomic E-state index is 0.445. The quantitative estimate of drug-likeness (QED) is 0.351. The topological polar surface area (TPSA) is 0 Å². The molecule has 0 aromatic heterocycles. The van der Waals surface area contributed by atoms with E-state index in [0.717, 1.165) is 17.8 Å². The van der Waals surface area contributed by atoms with Crippen LogP contribution in [0.25, 0.3) is 0 Å². The van der Waals surface area contributed by atoms with Gasteiger partial charge in [-0.25, -0.2) is 0 Å². The molecule has 0 nitrogen and oxygen atoms in total. The van der Waals surface area contributed by atoms with Crippen LogP contribution in [0, 0.1) is 23.2 Å². The van der Waals surface area contributed by atoms with Crippen molar-refractivity contribution in [3.63, 3.8) is 0 Å². The molecule has 0 N–H and O–H groups in total. The molecule has 1 aliphatic rings. The van der Waals surface area contributed by atoms with Crippen LogP contribution < -0.4 is 0 Å². The minimum absolute atomic E-state index is 0.445. The lowest BCUT2D eigenvalue weighted by molar-refractivity contribution is 0.0111. The predicted molar refractivity (Wildman–Crippen MR) is 132 cm³/mol. The molecular formula is C30H44. The van der Waals surface area contributed by atoms with Crippen molar-refractivity contribution in [3.8, 4) is 0 Å². The Balaban J connectivity index is 1.95. The number of rotatable bonds is 11. The van der Waals surface area contributed by atoms with Gasteiger partial charge in [-0.05, 0) is 72.8 Å². The van der Waals surface area contributed by atoms with Crippen LogP contribution in [0.4, 0.5) is 0 Å². The lowest BCUT2D eigenvalue weighted by Crippen LogP contribution is -2.42. The summed E-state index contributed by atoms with van der Waals surface area (Å²) in [6.45, 7) is 7.32. The molecule has 2 aromatic carbocycles. The molecule has 0 radical (unpaired) electrons. The van der Waals surface area contributed by atoms with Crippen LogP contribution in [0.5, 0.6) is 0 Å². The highest BCUT2D eigenvalue weighted by Crippen LogP contribution is 2.53. The standard InChI is InChI=1S/C30H44/c1-4-14-28(22-21-26-15-8-5-9-16-26)30(23-25(2)3,29-19-12-7-13-20-29)24-27-17-10-6-11-18-27/h5-6,8-11,15-18,25,28-29H,4,7,12-14,19-24H2,1-3H3. The molecule has 0 saturated heterocycles. The Kier molecular flexibility index (Phi) is 9.04. The normalized spacial score (nSPS) is 18.3. The van der Waals surface area contributed by atoms with Gasteiger partial charge in [0.1, 0.15) is 0 Å². The largest absolute Gasteiger partial charge is 0.0654 e. The van der Waals surface area contributed by atoms with E-state index >= 15 is 0 Å². The number of hydrogen-bond donors (Lipinski definition) is 0. The molecule has 2 unspecified atom stereocenters. The maximum absolute atomic E-state index is 2.46. The molecule has 1 aliphatic carbocycles. The fourth-order valence-corrected chi connectivity index (χ4v) is 6.49. The Morgan fingerprint density at radius 1 is 0.800 bits per heavy atom. The van der Waals surface area contributed by atoms with Crippen molar-refractivity contribution in [3.05, 3.63) is 71.8 Å². The monoisotopic (exact) mass is 404 g/mol. The van der Waals surface area contributed by atoms with Crippen LogP contribution >= 0.6 is 0 Å². The van der Waals surface area contributed by atoms with Crippen molar-refractivity contribution in [2.24, 2.45) is 23.2 Å². The zero-order chi connectivity index (χ0) is 21.2. The smallest absolute Gasteiger partial charge is 0.0198 e. The summed E-state index contributed by atoms with van der Waals surface area (Å²) in [4.78, 5) is 0. The van der Waals surface area contributed by atoms with E-state index in [9.17, 15) is 0 Å². The maximum Gasteiger partial charge on any atom is -0.0198 e. The summed E-state index contributed by atoms with van der Waals surface area (Å²) in [5, 5.41) is 0. The van der Waals surface area contributed by atoms with E-state index < -0.39 is 0 Å². The molecule has 30 heavy (non-hydrogen) atoms. The molecule has 2 atom stereocenters. The van der Waals surface area contributed by atoms with Crippen LogP contribution in [0.3, 0.4) is 0 Å². The zero-order valence-electron chi connectivity index (χ0n) is 19.8. The highest BCUT2D eigenvalue weighted by atomic mass is 14.5. The number of aryl methyl sites for hydroxylation is 1. The molecule has 1 saturated carbocycles. The summed E-state index contributed by atoms with van der Waals surface area (Å²) in [6.07, 6.45) is 15.1. The molecule has 1 fully saturated rings. The summed E-state index contributed by atoms with van der Waals surface area (Å²) in [5.41, 5.74) is 3.52. The van der Waals surface area contributed by atoms with Crippen LogP contribution in [0.2, 0.25) is 0 Å². The van der Waals surface area contributed by atoms with E-state index in [-0.39, 0.29) is 0 Å². The van der Waals surface area contributed by atoms with Gasteiger partial charge in [-0.15, -0.1) is 0 Å². The average Bonchev–Trinajstić information content (AvgIpc) is 2.78. The minimum Gasteiger partial charge on any atom is -0.0654 e. The van der Waals surface area contributed by atoms with Crippen LogP contribution in [-0.2, 0) is 12.8 Å². The van der Waals surface area contributed by atoms with Gasteiger partial charge in [0.25, 0.3) is 0 Å². The molecular weight excluding hydrogens is 360 g/mol. The Morgan fingerprint density at radius 2 is 1.40 bits per heavy atom. The third-order valence-electron chi connectivity index (χ3n) is 7.66. The first-order chi connectivity index (χ1) is 14.6. The van der Waals surface area contributed by atoms with E-state index in [2.05, 4.69) is 81.4 Å². The van der Waals surface area contributed by atoms with Gasteiger partial charge >= 0.3 is 0 Å². The molecule has 164 valence electrons. The van der Waals surface area contributed by atoms with Crippen molar-refractivity contribution < 1.29 is 0 Å². The van der Waals surface area contributed by atoms with Crippen molar-refractivity contribution in [1.82, 2.24) is 0 Å². The third kappa shape index (κ3) is 6.22.